The largest absolute Gasteiger partial charge is 0.506 e. The number of carboxylic acids is 1. The van der Waals surface area contributed by atoms with E-state index in [1.165, 1.54) is 0 Å². The minimum Gasteiger partial charge on any atom is -0.506 e. The number of halogens is 2. The predicted molar refractivity (Wildman–Crippen MR) is 124 cm³/mol. The average Bonchev–Trinajstić information content (AvgIpc) is 2.73. The molecule has 1 fully saturated rings. The third-order valence-corrected chi connectivity index (χ3v) is 6.86. The number of hydrogen-bond acceptors (Lipinski definition) is 7. The molecule has 0 atom stereocenters. The van der Waals surface area contributed by atoms with E-state index in [1.807, 2.05) is 18.2 Å². The third-order valence-electron chi connectivity index (χ3n) is 4.59. The van der Waals surface area contributed by atoms with Crippen LogP contribution in [0, 0.1) is 0 Å². The van der Waals surface area contributed by atoms with E-state index in [4.69, 9.17) is 4.74 Å². The number of carboxylic acid groups (broad SMARTS) is 1. The first-order chi connectivity index (χ1) is 14.4. The van der Waals surface area contributed by atoms with Crippen molar-refractivity contribution in [3.63, 3.8) is 0 Å². The molecule has 10 heteroatoms. The first-order valence-electron chi connectivity index (χ1n) is 9.05. The Kier molecular flexibility index (Phi) is 6.49. The van der Waals surface area contributed by atoms with Crippen LogP contribution in [0.1, 0.15) is 10.4 Å². The SMILES string of the molecule is O=C(O)c1c(Nc2c(SN3CCOCC3)cnc3ccc(Br)cc23)ccc(Br)c1O. The number of nitrogens with one attached hydrogen (secondary N) is 1. The van der Waals surface area contributed by atoms with Crippen molar-refractivity contribution >= 4 is 72.1 Å². The van der Waals surface area contributed by atoms with Crippen molar-refractivity contribution in [2.75, 3.05) is 31.6 Å². The molecule has 3 N–H and O–H groups in total. The lowest BCUT2D eigenvalue weighted by Gasteiger charge is -2.26. The van der Waals surface area contributed by atoms with Crippen molar-refractivity contribution in [1.82, 2.24) is 9.29 Å². The maximum Gasteiger partial charge on any atom is 0.341 e. The van der Waals surface area contributed by atoms with Crippen molar-refractivity contribution in [2.45, 2.75) is 4.90 Å². The summed E-state index contributed by atoms with van der Waals surface area (Å²) in [4.78, 5) is 17.3. The molecule has 0 radical (unpaired) electrons. The molecule has 2 aromatic carbocycles. The number of aromatic hydroxyl groups is 1. The van der Waals surface area contributed by atoms with E-state index in [0.717, 1.165) is 39.0 Å². The number of aromatic carboxylic acids is 1. The maximum absolute atomic E-state index is 11.8. The highest BCUT2D eigenvalue weighted by Crippen LogP contribution is 2.41. The number of rotatable bonds is 5. The highest BCUT2D eigenvalue weighted by atomic mass is 79.9. The number of nitrogens with zero attached hydrogens (tertiary/aromatic N) is 2. The summed E-state index contributed by atoms with van der Waals surface area (Å²) >= 11 is 8.23. The van der Waals surface area contributed by atoms with E-state index in [-0.39, 0.29) is 11.3 Å². The first kappa shape index (κ1) is 21.4. The maximum atomic E-state index is 11.8. The molecule has 0 aliphatic carbocycles. The standard InChI is InChI=1S/C20H17Br2N3O4S/c21-11-1-3-14-12(9-11)18(16(10-23-14)30-25-5-7-29-8-6-25)24-15-4-2-13(22)19(26)17(15)20(27)28/h1-4,9-10,26H,5-8H2,(H,23,24)(H,27,28). The van der Waals surface area contributed by atoms with Gasteiger partial charge in [0, 0.05) is 29.1 Å². The summed E-state index contributed by atoms with van der Waals surface area (Å²) in [6, 6.07) is 8.97. The van der Waals surface area contributed by atoms with Crippen LogP contribution in [0.4, 0.5) is 11.4 Å². The van der Waals surface area contributed by atoms with Gasteiger partial charge in [0.15, 0.2) is 0 Å². The number of pyridine rings is 1. The minimum atomic E-state index is -1.22. The van der Waals surface area contributed by atoms with Crippen LogP contribution in [0.25, 0.3) is 10.9 Å². The van der Waals surface area contributed by atoms with Gasteiger partial charge < -0.3 is 20.3 Å². The molecule has 3 aromatic rings. The summed E-state index contributed by atoms with van der Waals surface area (Å²) < 4.78 is 8.81. The number of ether oxygens (including phenoxy) is 1. The number of benzene rings is 2. The van der Waals surface area contributed by atoms with E-state index < -0.39 is 5.97 Å². The van der Waals surface area contributed by atoms with Crippen LogP contribution in [-0.2, 0) is 4.74 Å². The van der Waals surface area contributed by atoms with Crippen LogP contribution < -0.4 is 5.32 Å². The molecular formula is C20H17Br2N3O4S. The second-order valence-electron chi connectivity index (χ2n) is 6.54. The van der Waals surface area contributed by atoms with Gasteiger partial charge in [-0.25, -0.2) is 9.10 Å². The molecule has 0 spiro atoms. The van der Waals surface area contributed by atoms with Crippen molar-refractivity contribution in [1.29, 1.82) is 0 Å². The number of carbonyl (C=O) groups is 1. The van der Waals surface area contributed by atoms with Gasteiger partial charge in [0.25, 0.3) is 0 Å². The molecule has 0 bridgehead atoms. The number of morpholine rings is 1. The van der Waals surface area contributed by atoms with Crippen molar-refractivity contribution in [3.8, 4) is 5.75 Å². The van der Waals surface area contributed by atoms with Crippen molar-refractivity contribution in [3.05, 3.63) is 51.0 Å². The highest BCUT2D eigenvalue weighted by molar-refractivity contribution is 9.10. The fraction of sp³-hybridized carbons (Fsp3) is 0.200. The van der Waals surface area contributed by atoms with E-state index >= 15 is 0 Å². The Morgan fingerprint density at radius 2 is 1.97 bits per heavy atom. The van der Waals surface area contributed by atoms with Crippen LogP contribution >= 0.6 is 43.8 Å². The van der Waals surface area contributed by atoms with Gasteiger partial charge in [0.05, 0.1) is 39.5 Å². The number of fused-ring (bicyclic) bond motifs is 1. The van der Waals surface area contributed by atoms with E-state index in [0.29, 0.717) is 23.4 Å². The first-order valence-corrected chi connectivity index (χ1v) is 11.4. The fourth-order valence-corrected chi connectivity index (χ4v) is 4.80. The number of anilines is 2. The summed E-state index contributed by atoms with van der Waals surface area (Å²) in [6.07, 6.45) is 1.78. The van der Waals surface area contributed by atoms with Gasteiger partial charge in [-0.15, -0.1) is 0 Å². The van der Waals surface area contributed by atoms with Crippen LogP contribution in [0.2, 0.25) is 0 Å². The Balaban J connectivity index is 1.84. The molecule has 2 heterocycles. The van der Waals surface area contributed by atoms with Gasteiger partial charge in [-0.2, -0.15) is 0 Å². The van der Waals surface area contributed by atoms with Crippen LogP contribution in [0.3, 0.4) is 0 Å². The zero-order valence-electron chi connectivity index (χ0n) is 15.6. The smallest absolute Gasteiger partial charge is 0.341 e. The molecule has 0 amide bonds. The Morgan fingerprint density at radius 3 is 2.70 bits per heavy atom. The quantitative estimate of drug-likeness (QED) is 0.368. The molecule has 4 rings (SSSR count). The average molecular weight is 555 g/mol. The summed E-state index contributed by atoms with van der Waals surface area (Å²) in [5.41, 5.74) is 1.58. The molecule has 0 saturated carbocycles. The molecule has 1 aromatic heterocycles. The van der Waals surface area contributed by atoms with Gasteiger partial charge in [-0.05, 0) is 58.2 Å². The Labute approximate surface area is 193 Å². The summed E-state index contributed by atoms with van der Waals surface area (Å²) in [7, 11) is 0. The summed E-state index contributed by atoms with van der Waals surface area (Å²) in [5, 5.41) is 24.1. The minimum absolute atomic E-state index is 0.202. The van der Waals surface area contributed by atoms with Crippen molar-refractivity contribution < 1.29 is 19.7 Å². The number of phenols is 1. The number of hydrogen-bond donors (Lipinski definition) is 3. The van der Waals surface area contributed by atoms with Gasteiger partial charge in [0.1, 0.15) is 11.3 Å². The zero-order chi connectivity index (χ0) is 21.3. The van der Waals surface area contributed by atoms with Crippen LogP contribution in [0.5, 0.6) is 5.75 Å². The van der Waals surface area contributed by atoms with Gasteiger partial charge in [0.2, 0.25) is 0 Å². The normalized spacial score (nSPS) is 14.7. The Hall–Kier alpha value is -1.85. The number of aromatic nitrogens is 1. The van der Waals surface area contributed by atoms with E-state index in [9.17, 15) is 15.0 Å². The molecule has 0 unspecified atom stereocenters. The lowest BCUT2D eigenvalue weighted by Crippen LogP contribution is -2.31. The van der Waals surface area contributed by atoms with Gasteiger partial charge in [-0.3, -0.25) is 4.98 Å². The fourth-order valence-electron chi connectivity index (χ4n) is 3.14. The van der Waals surface area contributed by atoms with Crippen LogP contribution in [-0.4, -0.2) is 51.8 Å². The van der Waals surface area contributed by atoms with E-state index in [2.05, 4.69) is 46.5 Å². The van der Waals surface area contributed by atoms with Crippen molar-refractivity contribution in [2.24, 2.45) is 0 Å². The zero-order valence-corrected chi connectivity index (χ0v) is 19.6. The summed E-state index contributed by atoms with van der Waals surface area (Å²) in [6.45, 7) is 2.87. The van der Waals surface area contributed by atoms with E-state index in [1.54, 1.807) is 30.3 Å². The summed E-state index contributed by atoms with van der Waals surface area (Å²) in [5.74, 6) is -1.55. The molecule has 7 nitrogen and oxygen atoms in total. The monoisotopic (exact) mass is 553 g/mol. The Morgan fingerprint density at radius 1 is 1.20 bits per heavy atom. The lowest BCUT2D eigenvalue weighted by molar-refractivity contribution is 0.0694. The van der Waals surface area contributed by atoms with Gasteiger partial charge in [-0.1, -0.05) is 15.9 Å². The third kappa shape index (κ3) is 4.42. The molecule has 30 heavy (non-hydrogen) atoms. The second-order valence-corrected chi connectivity index (χ2v) is 9.45. The molecule has 156 valence electrons. The molecule has 1 aliphatic rings. The predicted octanol–water partition coefficient (Wildman–Crippen LogP) is 5.25. The molecule has 1 aliphatic heterocycles. The highest BCUT2D eigenvalue weighted by Gasteiger charge is 2.21. The second kappa shape index (κ2) is 9.11. The topological polar surface area (TPSA) is 94.9 Å². The van der Waals surface area contributed by atoms with Crippen LogP contribution in [0.15, 0.2) is 50.4 Å². The Bertz CT molecular complexity index is 1120. The molecular weight excluding hydrogens is 538 g/mol. The van der Waals surface area contributed by atoms with Gasteiger partial charge >= 0.3 is 5.97 Å². The molecule has 1 saturated heterocycles. The lowest BCUT2D eigenvalue weighted by atomic mass is 10.1.